The Morgan fingerprint density at radius 1 is 1.25 bits per heavy atom. The minimum absolute atomic E-state index is 0.109. The van der Waals surface area contributed by atoms with Crippen LogP contribution in [0.25, 0.3) is 6.08 Å². The molecule has 2 saturated heterocycles. The molecule has 0 radical (unpaired) electrons. The van der Waals surface area contributed by atoms with Crippen molar-refractivity contribution >= 4 is 40.3 Å². The van der Waals surface area contributed by atoms with E-state index in [4.69, 9.17) is 21.7 Å². The number of allylic oxidation sites excluding steroid dienone is 1. The van der Waals surface area contributed by atoms with Crippen molar-refractivity contribution in [1.29, 1.82) is 0 Å². The summed E-state index contributed by atoms with van der Waals surface area (Å²) in [5, 5.41) is 0. The van der Waals surface area contributed by atoms with Crippen LogP contribution in [0.3, 0.4) is 0 Å². The average Bonchev–Trinajstić information content (AvgIpc) is 3.14. The minimum Gasteiger partial charge on any atom is -0.345 e. The van der Waals surface area contributed by atoms with Gasteiger partial charge in [0.1, 0.15) is 24.8 Å². The van der Waals surface area contributed by atoms with E-state index in [1.54, 1.807) is 18.2 Å². The second kappa shape index (κ2) is 6.25. The van der Waals surface area contributed by atoms with E-state index in [-0.39, 0.29) is 30.7 Å². The topological polar surface area (TPSA) is 38.8 Å². The number of nitrogens with zero attached hydrogens (tertiary/aromatic N) is 1. The number of thioether (sulfide) groups is 1. The van der Waals surface area contributed by atoms with E-state index in [0.717, 1.165) is 5.56 Å². The van der Waals surface area contributed by atoms with Crippen molar-refractivity contribution in [1.82, 2.24) is 4.90 Å². The van der Waals surface area contributed by atoms with Gasteiger partial charge in [-0.1, -0.05) is 42.2 Å². The van der Waals surface area contributed by atoms with Crippen molar-refractivity contribution in [2.75, 3.05) is 6.79 Å². The normalized spacial score (nSPS) is 27.8. The molecule has 1 aliphatic carbocycles. The van der Waals surface area contributed by atoms with Gasteiger partial charge in [0, 0.05) is 5.70 Å². The zero-order chi connectivity index (χ0) is 16.7. The highest BCUT2D eigenvalue weighted by Crippen LogP contribution is 2.37. The molecule has 122 valence electrons. The standard InChI is InChI=1S/C17H12FNO3S2/c18-11-3-1-10(2-4-11)7-15-16(20)19(17(23)24-15)12-5-6-13-14(8-12)22-9-21-13/h1-8,13-14H,9H2. The van der Waals surface area contributed by atoms with E-state index in [1.165, 1.54) is 28.8 Å². The Kier molecular flexibility index (Phi) is 4.09. The molecule has 7 heteroatoms. The molecule has 1 amide bonds. The van der Waals surface area contributed by atoms with Gasteiger partial charge in [-0.2, -0.15) is 0 Å². The van der Waals surface area contributed by atoms with Gasteiger partial charge in [-0.25, -0.2) is 4.39 Å². The molecule has 2 aliphatic heterocycles. The summed E-state index contributed by atoms with van der Waals surface area (Å²) in [5.41, 5.74) is 1.43. The fourth-order valence-electron chi connectivity index (χ4n) is 2.66. The third-order valence-corrected chi connectivity index (χ3v) is 5.16. The summed E-state index contributed by atoms with van der Waals surface area (Å²) >= 11 is 6.58. The van der Waals surface area contributed by atoms with Crippen LogP contribution in [0.2, 0.25) is 0 Å². The molecule has 1 aromatic rings. The monoisotopic (exact) mass is 361 g/mol. The van der Waals surface area contributed by atoms with Gasteiger partial charge in [0.05, 0.1) is 4.91 Å². The number of hydrogen-bond donors (Lipinski definition) is 0. The number of amides is 1. The van der Waals surface area contributed by atoms with Crippen LogP contribution in [0.15, 0.2) is 53.1 Å². The number of fused-ring (bicyclic) bond motifs is 1. The average molecular weight is 361 g/mol. The predicted octanol–water partition coefficient (Wildman–Crippen LogP) is 3.22. The van der Waals surface area contributed by atoms with E-state index in [1.807, 2.05) is 18.2 Å². The highest BCUT2D eigenvalue weighted by atomic mass is 32.2. The highest BCUT2D eigenvalue weighted by molar-refractivity contribution is 8.26. The summed E-state index contributed by atoms with van der Waals surface area (Å²) in [6.07, 6.45) is 6.95. The fourth-order valence-corrected chi connectivity index (χ4v) is 3.96. The van der Waals surface area contributed by atoms with Gasteiger partial charge in [-0.15, -0.1) is 0 Å². The number of hydrogen-bond acceptors (Lipinski definition) is 5. The van der Waals surface area contributed by atoms with Gasteiger partial charge >= 0.3 is 0 Å². The smallest absolute Gasteiger partial charge is 0.270 e. The lowest BCUT2D eigenvalue weighted by molar-refractivity contribution is -0.120. The minimum atomic E-state index is -0.314. The Hall–Kier alpha value is -1.80. The number of ether oxygens (including phenoxy) is 2. The Balaban J connectivity index is 1.60. The first-order chi connectivity index (χ1) is 11.6. The summed E-state index contributed by atoms with van der Waals surface area (Å²) in [5.74, 6) is -0.506. The van der Waals surface area contributed by atoms with Crippen LogP contribution in [0.1, 0.15) is 5.56 Å². The van der Waals surface area contributed by atoms with Crippen molar-refractivity contribution in [3.05, 3.63) is 64.5 Å². The quantitative estimate of drug-likeness (QED) is 0.597. The molecular formula is C17H12FNO3S2. The Morgan fingerprint density at radius 3 is 2.79 bits per heavy atom. The third-order valence-electron chi connectivity index (χ3n) is 3.86. The van der Waals surface area contributed by atoms with E-state index < -0.39 is 0 Å². The maximum absolute atomic E-state index is 13.0. The van der Waals surface area contributed by atoms with Gasteiger partial charge in [0.15, 0.2) is 4.32 Å². The Morgan fingerprint density at radius 2 is 2.00 bits per heavy atom. The van der Waals surface area contributed by atoms with Crippen LogP contribution in [0.4, 0.5) is 4.39 Å². The van der Waals surface area contributed by atoms with Gasteiger partial charge in [0.2, 0.25) is 0 Å². The third kappa shape index (κ3) is 2.84. The van der Waals surface area contributed by atoms with E-state index in [2.05, 4.69) is 0 Å². The molecule has 4 nitrogen and oxygen atoms in total. The van der Waals surface area contributed by atoms with Gasteiger partial charge < -0.3 is 9.47 Å². The Bertz CT molecular complexity index is 801. The van der Waals surface area contributed by atoms with Crippen LogP contribution >= 0.6 is 24.0 Å². The molecule has 2 fully saturated rings. The largest absolute Gasteiger partial charge is 0.345 e. The summed E-state index contributed by atoms with van der Waals surface area (Å²) < 4.78 is 24.3. The molecule has 2 atom stereocenters. The van der Waals surface area contributed by atoms with Crippen molar-refractivity contribution in [2.24, 2.45) is 0 Å². The zero-order valence-electron chi connectivity index (χ0n) is 12.3. The molecule has 0 N–H and O–H groups in total. The van der Waals surface area contributed by atoms with Gasteiger partial charge in [-0.3, -0.25) is 9.69 Å². The molecule has 1 aromatic carbocycles. The summed E-state index contributed by atoms with van der Waals surface area (Å²) in [6, 6.07) is 5.96. The second-order valence-electron chi connectivity index (χ2n) is 5.40. The van der Waals surface area contributed by atoms with Crippen LogP contribution in [0, 0.1) is 5.82 Å². The molecule has 0 bridgehead atoms. The van der Waals surface area contributed by atoms with Crippen LogP contribution in [0.5, 0.6) is 0 Å². The first-order valence-corrected chi connectivity index (χ1v) is 8.51. The summed E-state index contributed by atoms with van der Waals surface area (Å²) in [4.78, 5) is 14.7. The highest BCUT2D eigenvalue weighted by Gasteiger charge is 2.37. The van der Waals surface area contributed by atoms with Crippen LogP contribution in [-0.2, 0) is 14.3 Å². The second-order valence-corrected chi connectivity index (χ2v) is 7.08. The van der Waals surface area contributed by atoms with Crippen LogP contribution < -0.4 is 0 Å². The number of benzene rings is 1. The SMILES string of the molecule is O=C1C(=Cc2ccc(F)cc2)SC(=S)N1C1=CC2OCOC2C=C1. The van der Waals surface area contributed by atoms with Crippen molar-refractivity contribution in [3.8, 4) is 0 Å². The van der Waals surface area contributed by atoms with Crippen molar-refractivity contribution in [2.45, 2.75) is 12.2 Å². The lowest BCUT2D eigenvalue weighted by Crippen LogP contribution is -2.31. The first kappa shape index (κ1) is 15.7. The molecule has 3 aliphatic rings. The fraction of sp³-hybridized carbons (Fsp3) is 0.176. The van der Waals surface area contributed by atoms with E-state index >= 15 is 0 Å². The number of rotatable bonds is 2. The number of carbonyl (C=O) groups is 1. The number of halogens is 1. The molecule has 2 heterocycles. The molecular weight excluding hydrogens is 349 g/mol. The molecule has 4 rings (SSSR count). The number of carbonyl (C=O) groups excluding carboxylic acids is 1. The molecule has 0 saturated carbocycles. The molecule has 2 unspecified atom stereocenters. The van der Waals surface area contributed by atoms with E-state index in [0.29, 0.717) is 14.9 Å². The lowest BCUT2D eigenvalue weighted by atomic mass is 10.1. The summed E-state index contributed by atoms with van der Waals surface area (Å²) in [7, 11) is 0. The van der Waals surface area contributed by atoms with Gasteiger partial charge in [-0.05, 0) is 35.9 Å². The molecule has 24 heavy (non-hydrogen) atoms. The first-order valence-electron chi connectivity index (χ1n) is 7.28. The zero-order valence-corrected chi connectivity index (χ0v) is 14.0. The predicted molar refractivity (Wildman–Crippen MR) is 93.2 cm³/mol. The molecule has 0 spiro atoms. The maximum atomic E-state index is 13.0. The lowest BCUT2D eigenvalue weighted by Gasteiger charge is -2.22. The van der Waals surface area contributed by atoms with Crippen molar-refractivity contribution in [3.63, 3.8) is 0 Å². The van der Waals surface area contributed by atoms with E-state index in [9.17, 15) is 9.18 Å². The maximum Gasteiger partial charge on any atom is 0.270 e. The summed E-state index contributed by atoms with van der Waals surface area (Å²) in [6.45, 7) is 0.242. The van der Waals surface area contributed by atoms with Gasteiger partial charge in [0.25, 0.3) is 5.91 Å². The number of thiocarbonyl (C=S) groups is 1. The van der Waals surface area contributed by atoms with Crippen LogP contribution in [-0.4, -0.2) is 34.1 Å². The Labute approximate surface area is 147 Å². The molecule has 0 aromatic heterocycles. The van der Waals surface area contributed by atoms with Crippen molar-refractivity contribution < 1.29 is 18.7 Å².